The van der Waals surface area contributed by atoms with E-state index in [1.807, 2.05) is 19.9 Å². The monoisotopic (exact) mass is 430 g/mol. The molecule has 0 aromatic heterocycles. The Morgan fingerprint density at radius 1 is 1.43 bits per heavy atom. The number of nitriles is 1. The zero-order valence-electron chi connectivity index (χ0n) is 16.8. The van der Waals surface area contributed by atoms with Gasteiger partial charge in [0.1, 0.15) is 12.1 Å². The van der Waals surface area contributed by atoms with Crippen LogP contribution in [-0.2, 0) is 19.1 Å². The van der Waals surface area contributed by atoms with Crippen LogP contribution in [0.3, 0.4) is 0 Å². The SMILES string of the molecule is CC1(C)[C@@H]2[C@@H](C(=O)N[C@H](C#N)C[C@@H]3CCNC3=O)N(C(=O)CCOC(F)(F)F)C[C@@H]21. The molecule has 3 aliphatic rings. The molecule has 30 heavy (non-hydrogen) atoms. The number of carbonyl (C=O) groups excluding carboxylic acids is 3. The summed E-state index contributed by atoms with van der Waals surface area (Å²) in [7, 11) is 0. The van der Waals surface area contributed by atoms with Crippen molar-refractivity contribution in [2.75, 3.05) is 19.7 Å². The number of hydrogen-bond donors (Lipinski definition) is 2. The minimum atomic E-state index is -4.82. The van der Waals surface area contributed by atoms with Crippen LogP contribution >= 0.6 is 0 Å². The molecular formula is C19H25F3N4O4. The Labute approximate surface area is 172 Å². The fourth-order valence-corrected chi connectivity index (χ4v) is 4.80. The number of fused-ring (bicyclic) bond motifs is 1. The van der Waals surface area contributed by atoms with Crippen molar-refractivity contribution in [2.24, 2.45) is 23.2 Å². The molecular weight excluding hydrogens is 405 g/mol. The van der Waals surface area contributed by atoms with Gasteiger partial charge in [-0.3, -0.25) is 19.1 Å². The highest BCUT2D eigenvalue weighted by Gasteiger charge is 2.69. The van der Waals surface area contributed by atoms with Crippen LogP contribution in [0.1, 0.15) is 33.1 Å². The van der Waals surface area contributed by atoms with Gasteiger partial charge in [0.2, 0.25) is 17.7 Å². The number of nitrogens with one attached hydrogen (secondary N) is 2. The lowest BCUT2D eigenvalue weighted by molar-refractivity contribution is -0.324. The lowest BCUT2D eigenvalue weighted by Crippen LogP contribution is -2.52. The first-order chi connectivity index (χ1) is 14.0. The van der Waals surface area contributed by atoms with E-state index in [4.69, 9.17) is 0 Å². The minimum absolute atomic E-state index is 0.0712. The Hall–Kier alpha value is -2.35. The van der Waals surface area contributed by atoms with Crippen LogP contribution in [0.2, 0.25) is 0 Å². The molecule has 0 bridgehead atoms. The van der Waals surface area contributed by atoms with Crippen LogP contribution in [0.25, 0.3) is 0 Å². The highest BCUT2D eigenvalue weighted by Crippen LogP contribution is 2.64. The molecule has 3 fully saturated rings. The lowest BCUT2D eigenvalue weighted by Gasteiger charge is -2.31. The van der Waals surface area contributed by atoms with Gasteiger partial charge >= 0.3 is 6.36 Å². The molecule has 0 radical (unpaired) electrons. The molecule has 2 N–H and O–H groups in total. The summed E-state index contributed by atoms with van der Waals surface area (Å²) >= 11 is 0. The van der Waals surface area contributed by atoms with Crippen LogP contribution in [0.5, 0.6) is 0 Å². The van der Waals surface area contributed by atoms with E-state index in [0.29, 0.717) is 13.0 Å². The number of hydrogen-bond acceptors (Lipinski definition) is 5. The smallest absolute Gasteiger partial charge is 0.356 e. The largest absolute Gasteiger partial charge is 0.522 e. The van der Waals surface area contributed by atoms with Crippen molar-refractivity contribution in [2.45, 2.75) is 51.6 Å². The van der Waals surface area contributed by atoms with Crippen molar-refractivity contribution < 1.29 is 32.3 Å². The standard InChI is InChI=1S/C19H25F3N4O4/c1-18(2)12-9-26(13(27)4-6-30-19(20,21)22)15(14(12)18)17(29)25-11(8-23)7-10-3-5-24-16(10)28/h10-12,14-15H,3-7,9H2,1-2H3,(H,24,28)(H,25,29)/t10-,11-,12-,14-,15-/m0/s1. The lowest BCUT2D eigenvalue weighted by atomic mass is 9.97. The van der Waals surface area contributed by atoms with Crippen molar-refractivity contribution in [3.8, 4) is 6.07 Å². The molecule has 1 saturated carbocycles. The molecule has 166 valence electrons. The molecule has 0 aromatic carbocycles. The molecule has 0 unspecified atom stereocenters. The number of carbonyl (C=O) groups is 3. The maximum Gasteiger partial charge on any atom is 0.522 e. The predicted molar refractivity (Wildman–Crippen MR) is 96.2 cm³/mol. The second-order valence-corrected chi connectivity index (χ2v) is 8.69. The molecule has 0 aromatic rings. The molecule has 2 saturated heterocycles. The molecule has 11 heteroatoms. The number of halogens is 3. The zero-order valence-corrected chi connectivity index (χ0v) is 16.8. The average molecular weight is 430 g/mol. The predicted octanol–water partition coefficient (Wildman–Crippen LogP) is 0.930. The van der Waals surface area contributed by atoms with Crippen molar-refractivity contribution in [3.63, 3.8) is 0 Å². The number of piperidine rings is 1. The van der Waals surface area contributed by atoms with Gasteiger partial charge in [0.15, 0.2) is 0 Å². The molecule has 2 aliphatic heterocycles. The summed E-state index contributed by atoms with van der Waals surface area (Å²) in [5, 5.41) is 14.7. The Kier molecular flexibility index (Phi) is 6.00. The summed E-state index contributed by atoms with van der Waals surface area (Å²) in [4.78, 5) is 38.5. The van der Waals surface area contributed by atoms with E-state index in [0.717, 1.165) is 0 Å². The summed E-state index contributed by atoms with van der Waals surface area (Å²) in [5.74, 6) is -1.67. The van der Waals surface area contributed by atoms with E-state index in [1.165, 1.54) is 4.90 Å². The topological polar surface area (TPSA) is 112 Å². The van der Waals surface area contributed by atoms with Gasteiger partial charge < -0.3 is 15.5 Å². The normalized spacial score (nSPS) is 30.3. The van der Waals surface area contributed by atoms with Gasteiger partial charge in [-0.15, -0.1) is 13.2 Å². The quantitative estimate of drug-likeness (QED) is 0.624. The van der Waals surface area contributed by atoms with E-state index in [1.54, 1.807) is 0 Å². The molecule has 5 atom stereocenters. The number of ether oxygens (including phenoxy) is 1. The molecule has 3 amide bonds. The Bertz CT molecular complexity index is 764. The first-order valence-electron chi connectivity index (χ1n) is 9.93. The third-order valence-electron chi connectivity index (χ3n) is 6.53. The van der Waals surface area contributed by atoms with Gasteiger partial charge in [-0.05, 0) is 30.1 Å². The van der Waals surface area contributed by atoms with Crippen LogP contribution < -0.4 is 10.6 Å². The van der Waals surface area contributed by atoms with Crippen molar-refractivity contribution in [3.05, 3.63) is 0 Å². The van der Waals surface area contributed by atoms with Crippen LogP contribution in [0.4, 0.5) is 13.2 Å². The van der Waals surface area contributed by atoms with Crippen molar-refractivity contribution >= 4 is 17.7 Å². The van der Waals surface area contributed by atoms with Crippen LogP contribution in [0.15, 0.2) is 0 Å². The molecule has 1 aliphatic carbocycles. The summed E-state index contributed by atoms with van der Waals surface area (Å²) in [5.41, 5.74) is -0.172. The summed E-state index contributed by atoms with van der Waals surface area (Å²) in [6.45, 7) is 3.94. The second kappa shape index (κ2) is 8.06. The number of likely N-dealkylation sites (tertiary alicyclic amines) is 1. The van der Waals surface area contributed by atoms with Crippen molar-refractivity contribution in [1.29, 1.82) is 5.26 Å². The third-order valence-corrected chi connectivity index (χ3v) is 6.53. The first-order valence-corrected chi connectivity index (χ1v) is 9.93. The second-order valence-electron chi connectivity index (χ2n) is 8.69. The zero-order chi connectivity index (χ0) is 22.3. The van der Waals surface area contributed by atoms with Crippen LogP contribution in [0, 0.1) is 34.5 Å². The fourth-order valence-electron chi connectivity index (χ4n) is 4.80. The molecule has 3 rings (SSSR count). The van der Waals surface area contributed by atoms with Gasteiger partial charge in [-0.25, -0.2) is 0 Å². The Balaban J connectivity index is 1.63. The van der Waals surface area contributed by atoms with Gasteiger partial charge in [-0.1, -0.05) is 13.8 Å². The maximum absolute atomic E-state index is 13.0. The number of amides is 3. The minimum Gasteiger partial charge on any atom is -0.356 e. The van der Waals surface area contributed by atoms with E-state index >= 15 is 0 Å². The third kappa shape index (κ3) is 4.53. The van der Waals surface area contributed by atoms with Gasteiger partial charge in [0.05, 0.1) is 19.1 Å². The van der Waals surface area contributed by atoms with Gasteiger partial charge in [0, 0.05) is 19.0 Å². The van der Waals surface area contributed by atoms with E-state index in [9.17, 15) is 32.8 Å². The summed E-state index contributed by atoms with van der Waals surface area (Å²) < 4.78 is 40.2. The number of rotatable bonds is 7. The molecule has 2 heterocycles. The van der Waals surface area contributed by atoms with Crippen molar-refractivity contribution in [1.82, 2.24) is 15.5 Å². The summed E-state index contributed by atoms with van der Waals surface area (Å²) in [6, 6.07) is 0.246. The molecule has 0 spiro atoms. The highest BCUT2D eigenvalue weighted by molar-refractivity contribution is 5.90. The van der Waals surface area contributed by atoms with E-state index in [2.05, 4.69) is 15.4 Å². The highest BCUT2D eigenvalue weighted by atomic mass is 19.4. The first kappa shape index (κ1) is 22.3. The number of alkyl halides is 3. The van der Waals surface area contributed by atoms with Crippen LogP contribution in [-0.4, -0.2) is 60.8 Å². The Morgan fingerprint density at radius 2 is 2.13 bits per heavy atom. The van der Waals surface area contributed by atoms with Gasteiger partial charge in [0.25, 0.3) is 0 Å². The number of nitrogens with zero attached hydrogens (tertiary/aromatic N) is 2. The summed E-state index contributed by atoms with van der Waals surface area (Å²) in [6.07, 6.45) is -4.56. The van der Waals surface area contributed by atoms with E-state index < -0.39 is 43.3 Å². The van der Waals surface area contributed by atoms with Gasteiger partial charge in [-0.2, -0.15) is 5.26 Å². The Morgan fingerprint density at radius 3 is 2.70 bits per heavy atom. The fraction of sp³-hybridized carbons (Fsp3) is 0.789. The van der Waals surface area contributed by atoms with E-state index in [-0.39, 0.29) is 42.0 Å². The average Bonchev–Trinajstić information content (AvgIpc) is 3.01. The maximum atomic E-state index is 13.0. The molecule has 8 nitrogen and oxygen atoms in total.